The zero-order valence-corrected chi connectivity index (χ0v) is 15.2. The summed E-state index contributed by atoms with van der Waals surface area (Å²) in [4.78, 5) is 11.9. The molecule has 2 amide bonds. The zero-order valence-electron chi connectivity index (χ0n) is 15.2. The highest BCUT2D eigenvalue weighted by Crippen LogP contribution is 2.30. The Bertz CT molecular complexity index is 721. The minimum atomic E-state index is -0.293. The summed E-state index contributed by atoms with van der Waals surface area (Å²) in [5.74, 6) is 2.52. The lowest BCUT2D eigenvalue weighted by Crippen LogP contribution is -2.37. The number of nitrogens with one attached hydrogen (secondary N) is 2. The molecule has 2 aromatic rings. The quantitative estimate of drug-likeness (QED) is 0.672. The van der Waals surface area contributed by atoms with E-state index in [2.05, 4.69) is 10.6 Å². The summed E-state index contributed by atoms with van der Waals surface area (Å²) in [5, 5.41) is 5.52. The van der Waals surface area contributed by atoms with Gasteiger partial charge in [0, 0.05) is 12.1 Å². The van der Waals surface area contributed by atoms with Gasteiger partial charge < -0.3 is 29.6 Å². The molecule has 0 heterocycles. The van der Waals surface area contributed by atoms with Crippen molar-refractivity contribution in [2.45, 2.75) is 6.54 Å². The molecule has 0 unspecified atom stereocenters. The van der Waals surface area contributed by atoms with Crippen molar-refractivity contribution in [2.24, 2.45) is 0 Å². The minimum absolute atomic E-state index is 0.293. The van der Waals surface area contributed by atoms with E-state index in [9.17, 15) is 4.79 Å². The molecule has 0 aliphatic carbocycles. The molecule has 7 heteroatoms. The molecule has 2 N–H and O–H groups in total. The van der Waals surface area contributed by atoms with Gasteiger partial charge in [0.15, 0.2) is 23.0 Å². The molecular weight excluding hydrogens is 336 g/mol. The number of hydrogen-bond donors (Lipinski definition) is 2. The van der Waals surface area contributed by atoms with E-state index in [0.717, 1.165) is 5.56 Å². The van der Waals surface area contributed by atoms with Crippen LogP contribution in [-0.2, 0) is 6.54 Å². The largest absolute Gasteiger partial charge is 0.493 e. The summed E-state index contributed by atoms with van der Waals surface area (Å²) >= 11 is 0. The lowest BCUT2D eigenvalue weighted by molar-refractivity contribution is 0.235. The summed E-state index contributed by atoms with van der Waals surface area (Å²) in [6, 6.07) is 12.6. The second-order valence-electron chi connectivity index (χ2n) is 5.26. The van der Waals surface area contributed by atoms with Crippen molar-refractivity contribution in [1.82, 2.24) is 10.6 Å². The molecule has 0 bridgehead atoms. The first-order valence-electron chi connectivity index (χ1n) is 8.17. The van der Waals surface area contributed by atoms with Crippen LogP contribution in [0.5, 0.6) is 23.0 Å². The lowest BCUT2D eigenvalue weighted by Gasteiger charge is -2.14. The fourth-order valence-corrected chi connectivity index (χ4v) is 2.39. The smallest absolute Gasteiger partial charge is 0.315 e. The molecule has 26 heavy (non-hydrogen) atoms. The van der Waals surface area contributed by atoms with Crippen LogP contribution in [0.1, 0.15) is 5.56 Å². The number of rotatable bonds is 9. The average molecular weight is 360 g/mol. The Hall–Kier alpha value is -3.09. The highest BCUT2D eigenvalue weighted by atomic mass is 16.5. The average Bonchev–Trinajstić information content (AvgIpc) is 2.69. The van der Waals surface area contributed by atoms with Crippen LogP contribution in [0.2, 0.25) is 0 Å². The monoisotopic (exact) mass is 360 g/mol. The van der Waals surface area contributed by atoms with E-state index in [4.69, 9.17) is 18.9 Å². The Kier molecular flexibility index (Phi) is 7.42. The van der Waals surface area contributed by atoms with Gasteiger partial charge in [0.2, 0.25) is 0 Å². The third kappa shape index (κ3) is 5.20. The first-order valence-corrected chi connectivity index (χ1v) is 8.17. The van der Waals surface area contributed by atoms with E-state index in [0.29, 0.717) is 42.7 Å². The summed E-state index contributed by atoms with van der Waals surface area (Å²) < 4.78 is 21.4. The van der Waals surface area contributed by atoms with Crippen LogP contribution in [-0.4, -0.2) is 40.5 Å². The normalized spacial score (nSPS) is 9.96. The minimum Gasteiger partial charge on any atom is -0.493 e. The van der Waals surface area contributed by atoms with Crippen LogP contribution < -0.4 is 29.6 Å². The number of methoxy groups -OCH3 is 3. The number of carbonyl (C=O) groups is 1. The van der Waals surface area contributed by atoms with Crippen molar-refractivity contribution < 1.29 is 23.7 Å². The number of ether oxygens (including phenoxy) is 4. The van der Waals surface area contributed by atoms with Gasteiger partial charge >= 0.3 is 6.03 Å². The fraction of sp³-hybridized carbons (Fsp3) is 0.316. The van der Waals surface area contributed by atoms with E-state index in [1.54, 1.807) is 27.4 Å². The second-order valence-corrected chi connectivity index (χ2v) is 5.26. The van der Waals surface area contributed by atoms with Gasteiger partial charge in [-0.1, -0.05) is 24.3 Å². The molecule has 140 valence electrons. The number of carbonyl (C=O) groups excluding carboxylic acids is 1. The van der Waals surface area contributed by atoms with Crippen LogP contribution in [0, 0.1) is 0 Å². The molecule has 2 rings (SSSR count). The number of hydrogen-bond acceptors (Lipinski definition) is 5. The van der Waals surface area contributed by atoms with Crippen molar-refractivity contribution in [3.8, 4) is 23.0 Å². The number of para-hydroxylation sites is 3. The summed E-state index contributed by atoms with van der Waals surface area (Å²) in [6.07, 6.45) is 0. The highest BCUT2D eigenvalue weighted by molar-refractivity contribution is 5.74. The van der Waals surface area contributed by atoms with Gasteiger partial charge in [-0.3, -0.25) is 0 Å². The third-order valence-corrected chi connectivity index (χ3v) is 3.64. The van der Waals surface area contributed by atoms with E-state index in [1.165, 1.54) is 0 Å². The Labute approximate surface area is 153 Å². The standard InChI is InChI=1S/C19H24N2O5/c1-23-15-8-4-5-9-16(15)26-12-11-20-19(22)21-13-14-7-6-10-17(24-2)18(14)25-3/h4-10H,11-13H2,1-3H3,(H2,20,21,22). The van der Waals surface area contributed by atoms with Gasteiger partial charge in [-0.15, -0.1) is 0 Å². The van der Waals surface area contributed by atoms with E-state index < -0.39 is 0 Å². The molecule has 7 nitrogen and oxygen atoms in total. The van der Waals surface area contributed by atoms with Crippen LogP contribution in [0.4, 0.5) is 4.79 Å². The molecule has 0 saturated heterocycles. The maximum absolute atomic E-state index is 11.9. The number of urea groups is 1. The molecule has 2 aromatic carbocycles. The van der Waals surface area contributed by atoms with Gasteiger partial charge in [0.1, 0.15) is 6.61 Å². The van der Waals surface area contributed by atoms with Crippen LogP contribution in [0.25, 0.3) is 0 Å². The molecule has 0 aromatic heterocycles. The van der Waals surface area contributed by atoms with Crippen molar-refractivity contribution in [1.29, 1.82) is 0 Å². The molecule has 0 radical (unpaired) electrons. The van der Waals surface area contributed by atoms with Gasteiger partial charge in [0.25, 0.3) is 0 Å². The van der Waals surface area contributed by atoms with Crippen molar-refractivity contribution in [3.05, 3.63) is 48.0 Å². The topological polar surface area (TPSA) is 78.1 Å². The predicted molar refractivity (Wildman–Crippen MR) is 98.3 cm³/mol. The lowest BCUT2D eigenvalue weighted by atomic mass is 10.2. The van der Waals surface area contributed by atoms with E-state index >= 15 is 0 Å². The molecule has 0 atom stereocenters. The van der Waals surface area contributed by atoms with Crippen LogP contribution in [0.3, 0.4) is 0 Å². The molecule has 0 aliphatic heterocycles. The Morgan fingerprint density at radius 2 is 1.54 bits per heavy atom. The summed E-state index contributed by atoms with van der Waals surface area (Å²) in [7, 11) is 4.72. The maximum atomic E-state index is 11.9. The number of benzene rings is 2. The molecule has 0 fully saturated rings. The molecule has 0 aliphatic rings. The van der Waals surface area contributed by atoms with Crippen molar-refractivity contribution in [2.75, 3.05) is 34.5 Å². The summed E-state index contributed by atoms with van der Waals surface area (Å²) in [5.41, 5.74) is 0.826. The Morgan fingerprint density at radius 3 is 2.23 bits per heavy atom. The number of amides is 2. The third-order valence-electron chi connectivity index (χ3n) is 3.64. The SMILES string of the molecule is COc1ccccc1OCCNC(=O)NCc1cccc(OC)c1OC. The summed E-state index contributed by atoms with van der Waals surface area (Å²) in [6.45, 7) is 1.01. The first kappa shape index (κ1) is 19.2. The molecule has 0 spiro atoms. The van der Waals surface area contributed by atoms with Gasteiger partial charge in [0.05, 0.1) is 27.9 Å². The van der Waals surface area contributed by atoms with E-state index in [-0.39, 0.29) is 6.03 Å². The Morgan fingerprint density at radius 1 is 0.846 bits per heavy atom. The second kappa shape index (κ2) is 10.0. The predicted octanol–water partition coefficient (Wildman–Crippen LogP) is 2.59. The maximum Gasteiger partial charge on any atom is 0.315 e. The highest BCUT2D eigenvalue weighted by Gasteiger charge is 2.10. The van der Waals surface area contributed by atoms with Gasteiger partial charge in [-0.05, 0) is 18.2 Å². The van der Waals surface area contributed by atoms with Crippen LogP contribution >= 0.6 is 0 Å². The van der Waals surface area contributed by atoms with Crippen molar-refractivity contribution in [3.63, 3.8) is 0 Å². The molecular formula is C19H24N2O5. The molecule has 0 saturated carbocycles. The van der Waals surface area contributed by atoms with Gasteiger partial charge in [-0.25, -0.2) is 4.79 Å². The van der Waals surface area contributed by atoms with Crippen LogP contribution in [0.15, 0.2) is 42.5 Å². The fourth-order valence-electron chi connectivity index (χ4n) is 2.39. The van der Waals surface area contributed by atoms with Crippen molar-refractivity contribution >= 4 is 6.03 Å². The zero-order chi connectivity index (χ0) is 18.8. The first-order chi connectivity index (χ1) is 12.7. The Balaban J connectivity index is 1.76. The van der Waals surface area contributed by atoms with Gasteiger partial charge in [-0.2, -0.15) is 0 Å². The van der Waals surface area contributed by atoms with E-state index in [1.807, 2.05) is 36.4 Å².